The van der Waals surface area contributed by atoms with Gasteiger partial charge in [0.05, 0.1) is 6.07 Å². The van der Waals surface area contributed by atoms with Crippen molar-refractivity contribution in [1.82, 2.24) is 0 Å². The summed E-state index contributed by atoms with van der Waals surface area (Å²) in [6, 6.07) is 10.9. The molecule has 0 spiro atoms. The fourth-order valence-corrected chi connectivity index (χ4v) is 4.56. The van der Waals surface area contributed by atoms with Crippen LogP contribution in [0.3, 0.4) is 0 Å². The van der Waals surface area contributed by atoms with E-state index in [9.17, 15) is 0 Å². The molecule has 168 valence electrons. The fourth-order valence-electron chi connectivity index (χ4n) is 4.42. The third-order valence-corrected chi connectivity index (χ3v) is 6.05. The maximum Gasteiger partial charge on any atom is 0.0587 e. The number of fused-ring (bicyclic) bond motifs is 1. The van der Waals surface area contributed by atoms with E-state index < -0.39 is 0 Å². The predicted molar refractivity (Wildman–Crippen MR) is 141 cm³/mol. The highest BCUT2D eigenvalue weighted by atomic mass is 31.0. The molecule has 0 radical (unpaired) electrons. The van der Waals surface area contributed by atoms with Crippen molar-refractivity contribution >= 4 is 14.7 Å². The zero-order chi connectivity index (χ0) is 23.5. The highest BCUT2D eigenvalue weighted by Crippen LogP contribution is 2.47. The summed E-state index contributed by atoms with van der Waals surface area (Å²) >= 11 is 0. The molecule has 2 aliphatic carbocycles. The monoisotopic (exact) mass is 435 g/mol. The molecular weight excluding hydrogens is 393 g/mol. The molecule has 2 aliphatic rings. The number of benzene rings is 1. The minimum Gasteiger partial charge on any atom is -0.199 e. The first-order valence-electron chi connectivity index (χ1n) is 11.7. The lowest BCUT2D eigenvalue weighted by atomic mass is 9.69. The largest absolute Gasteiger partial charge is 0.199 e. The number of hydrogen-bond donors (Lipinski definition) is 0. The second-order valence-corrected chi connectivity index (χ2v) is 9.87. The van der Waals surface area contributed by atoms with Crippen LogP contribution in [0.1, 0.15) is 85.3 Å². The van der Waals surface area contributed by atoms with Gasteiger partial charge in [0, 0.05) is 12.3 Å². The summed E-state index contributed by atoms with van der Waals surface area (Å²) in [6.07, 6.45) is 14.5. The van der Waals surface area contributed by atoms with Crippen LogP contribution in [-0.4, -0.2) is 5.80 Å². The van der Waals surface area contributed by atoms with E-state index in [1.54, 1.807) is 17.2 Å². The van der Waals surface area contributed by atoms with Crippen LogP contribution in [0.15, 0.2) is 59.2 Å². The van der Waals surface area contributed by atoms with Crippen molar-refractivity contribution < 1.29 is 0 Å². The summed E-state index contributed by atoms with van der Waals surface area (Å²) in [4.78, 5) is 0. The van der Waals surface area contributed by atoms with E-state index in [1.165, 1.54) is 42.9 Å². The number of hydrogen-bond acceptors (Lipinski definition) is 1. The zero-order valence-corrected chi connectivity index (χ0v) is 21.8. The molecule has 0 unspecified atom stereocenters. The first-order chi connectivity index (χ1) is 14.7. The van der Waals surface area contributed by atoms with Gasteiger partial charge in [-0.2, -0.15) is 5.26 Å². The summed E-state index contributed by atoms with van der Waals surface area (Å²) in [5.41, 5.74) is 7.86. The van der Waals surface area contributed by atoms with Crippen molar-refractivity contribution in [3.05, 3.63) is 70.3 Å². The Kier molecular flexibility index (Phi) is 11.2. The van der Waals surface area contributed by atoms with Crippen LogP contribution in [-0.2, 0) is 12.8 Å². The molecule has 0 atom stereocenters. The van der Waals surface area contributed by atoms with Crippen molar-refractivity contribution in [2.45, 2.75) is 87.0 Å². The van der Waals surface area contributed by atoms with Crippen LogP contribution in [0.5, 0.6) is 0 Å². The molecule has 31 heavy (non-hydrogen) atoms. The molecule has 1 nitrogen and oxygen atoms in total. The molecule has 1 fully saturated rings. The average molecular weight is 436 g/mol. The third kappa shape index (κ3) is 8.63. The SMILES string of the molecule is CC.CC#N.CC1(C)C=C(Cc2ccc(CCC=P)cc2)C=C2CCCC(C)(C)C2=C1. The van der Waals surface area contributed by atoms with Gasteiger partial charge in [-0.3, -0.25) is 0 Å². The van der Waals surface area contributed by atoms with E-state index in [1.807, 2.05) is 13.8 Å². The van der Waals surface area contributed by atoms with Crippen LogP contribution in [0.2, 0.25) is 0 Å². The van der Waals surface area contributed by atoms with E-state index in [-0.39, 0.29) is 5.41 Å². The van der Waals surface area contributed by atoms with Crippen molar-refractivity contribution in [3.8, 4) is 6.07 Å². The number of aryl methyl sites for hydroxylation is 1. The van der Waals surface area contributed by atoms with E-state index >= 15 is 0 Å². The lowest BCUT2D eigenvalue weighted by Gasteiger charge is -2.36. The Bertz CT molecular complexity index is 842. The molecule has 0 N–H and O–H groups in total. The Morgan fingerprint density at radius 1 is 1.03 bits per heavy atom. The Balaban J connectivity index is 0.000000884. The first kappa shape index (κ1) is 27.1. The topological polar surface area (TPSA) is 23.8 Å². The van der Waals surface area contributed by atoms with Crippen LogP contribution in [0, 0.1) is 22.2 Å². The Morgan fingerprint density at radius 2 is 1.61 bits per heavy atom. The van der Waals surface area contributed by atoms with Crippen molar-refractivity contribution in [2.24, 2.45) is 10.8 Å². The highest BCUT2D eigenvalue weighted by molar-refractivity contribution is 7.18. The minimum absolute atomic E-state index is 0.114. The van der Waals surface area contributed by atoms with Gasteiger partial charge >= 0.3 is 0 Å². The molecule has 0 bridgehead atoms. The maximum atomic E-state index is 7.32. The molecule has 0 amide bonds. The standard InChI is InChI=1S/C25H33P.C2H3N.C2H6/c1-24(2)17-21(15-20-11-9-19(10-12-20)7-6-14-26)16-22-8-5-13-25(3,4)23(22)18-24;1-2-3;1-2/h9-12,14,16-18,26H,5-8,13,15H2,1-4H3;1H3;1-2H3. The van der Waals surface area contributed by atoms with E-state index in [2.05, 4.69) is 84.8 Å². The van der Waals surface area contributed by atoms with Gasteiger partial charge in [-0.1, -0.05) is 89.8 Å². The van der Waals surface area contributed by atoms with E-state index in [4.69, 9.17) is 5.26 Å². The molecule has 0 aromatic heterocycles. The summed E-state index contributed by atoms with van der Waals surface area (Å²) in [7, 11) is 3.44. The highest BCUT2D eigenvalue weighted by Gasteiger charge is 2.32. The lowest BCUT2D eigenvalue weighted by molar-refractivity contribution is 0.365. The maximum absolute atomic E-state index is 7.32. The van der Waals surface area contributed by atoms with Crippen molar-refractivity contribution in [1.29, 1.82) is 5.26 Å². The van der Waals surface area contributed by atoms with Gasteiger partial charge in [0.2, 0.25) is 0 Å². The second kappa shape index (κ2) is 12.8. The fraction of sp³-hybridized carbons (Fsp3) is 0.517. The molecule has 1 aromatic carbocycles. The van der Waals surface area contributed by atoms with Gasteiger partial charge in [0.15, 0.2) is 0 Å². The Morgan fingerprint density at radius 3 is 2.19 bits per heavy atom. The second-order valence-electron chi connectivity index (χ2n) is 9.47. The average Bonchev–Trinajstić information content (AvgIpc) is 2.85. The Hall–Kier alpha value is -1.90. The predicted octanol–water partition coefficient (Wildman–Crippen LogP) is 8.69. The number of nitrogens with zero attached hydrogens (tertiary/aromatic N) is 1. The first-order valence-corrected chi connectivity index (χ1v) is 12.3. The normalized spacial score (nSPS) is 18.1. The zero-order valence-electron chi connectivity index (χ0n) is 20.8. The van der Waals surface area contributed by atoms with Crippen LogP contribution in [0.4, 0.5) is 0 Å². The smallest absolute Gasteiger partial charge is 0.0587 e. The van der Waals surface area contributed by atoms with Crippen molar-refractivity contribution in [3.63, 3.8) is 0 Å². The van der Waals surface area contributed by atoms with Crippen LogP contribution >= 0.6 is 8.86 Å². The summed E-state index contributed by atoms with van der Waals surface area (Å²) < 4.78 is 0. The third-order valence-electron chi connectivity index (χ3n) is 5.76. The molecular formula is C29H42NP. The summed E-state index contributed by atoms with van der Waals surface area (Å²) in [5, 5.41) is 7.32. The van der Waals surface area contributed by atoms with Gasteiger partial charge < -0.3 is 0 Å². The summed E-state index contributed by atoms with van der Waals surface area (Å²) in [6.45, 7) is 15.0. The minimum atomic E-state index is 0.114. The van der Waals surface area contributed by atoms with Crippen LogP contribution < -0.4 is 0 Å². The van der Waals surface area contributed by atoms with Gasteiger partial charge in [-0.25, -0.2) is 0 Å². The van der Waals surface area contributed by atoms with Gasteiger partial charge in [0.1, 0.15) is 0 Å². The number of nitriles is 1. The van der Waals surface area contributed by atoms with Crippen molar-refractivity contribution in [2.75, 3.05) is 0 Å². The molecule has 0 aliphatic heterocycles. The molecule has 2 heteroatoms. The lowest BCUT2D eigenvalue weighted by Crippen LogP contribution is -2.22. The van der Waals surface area contributed by atoms with Gasteiger partial charge in [-0.05, 0) is 71.8 Å². The molecule has 3 rings (SSSR count). The van der Waals surface area contributed by atoms with E-state index in [0.29, 0.717) is 5.41 Å². The quantitative estimate of drug-likeness (QED) is 0.424. The molecule has 0 heterocycles. The molecule has 1 aromatic rings. The molecule has 1 saturated carbocycles. The van der Waals surface area contributed by atoms with Gasteiger partial charge in [0.25, 0.3) is 0 Å². The van der Waals surface area contributed by atoms with Gasteiger partial charge in [-0.15, -0.1) is 8.86 Å². The molecule has 0 saturated heterocycles. The number of allylic oxidation sites excluding steroid dienone is 6. The van der Waals surface area contributed by atoms with E-state index in [0.717, 1.165) is 19.3 Å². The summed E-state index contributed by atoms with van der Waals surface area (Å²) in [5.74, 6) is 2.05. The number of rotatable bonds is 5. The Labute approximate surface area is 194 Å². The van der Waals surface area contributed by atoms with Crippen LogP contribution in [0.25, 0.3) is 0 Å².